The number of carbonyl (C=O) groups is 2. The maximum absolute atomic E-state index is 14.1. The molecule has 31 heavy (non-hydrogen) atoms. The number of halogens is 1. The first-order chi connectivity index (χ1) is 15.0. The third-order valence-electron chi connectivity index (χ3n) is 6.78. The van der Waals surface area contributed by atoms with Gasteiger partial charge in [-0.2, -0.15) is 0 Å². The Kier molecular flexibility index (Phi) is 6.30. The summed E-state index contributed by atoms with van der Waals surface area (Å²) in [6, 6.07) is 5.00. The smallest absolute Gasteiger partial charge is 0.222 e. The van der Waals surface area contributed by atoms with E-state index in [1.807, 2.05) is 17.9 Å². The van der Waals surface area contributed by atoms with E-state index in [1.165, 1.54) is 12.4 Å². The zero-order valence-corrected chi connectivity index (χ0v) is 17.9. The molecule has 1 N–H and O–H groups in total. The van der Waals surface area contributed by atoms with Crippen LogP contribution in [0.15, 0.2) is 36.9 Å². The Labute approximate surface area is 182 Å². The summed E-state index contributed by atoms with van der Waals surface area (Å²) in [6.45, 7) is 3.84. The number of carbonyl (C=O) groups excluding carboxylic acids is 2. The molecule has 0 radical (unpaired) electrons. The van der Waals surface area contributed by atoms with E-state index < -0.39 is 0 Å². The van der Waals surface area contributed by atoms with E-state index in [9.17, 15) is 14.0 Å². The molecule has 7 heteroatoms. The van der Waals surface area contributed by atoms with Gasteiger partial charge in [0.1, 0.15) is 12.1 Å². The second-order valence-corrected chi connectivity index (χ2v) is 8.70. The van der Waals surface area contributed by atoms with Crippen LogP contribution in [0.3, 0.4) is 0 Å². The van der Waals surface area contributed by atoms with Crippen LogP contribution in [-0.4, -0.2) is 46.3 Å². The van der Waals surface area contributed by atoms with Gasteiger partial charge >= 0.3 is 0 Å². The van der Waals surface area contributed by atoms with Crippen molar-refractivity contribution in [1.82, 2.24) is 20.2 Å². The first kappa shape index (κ1) is 21.4. The molecule has 164 valence electrons. The van der Waals surface area contributed by atoms with Gasteiger partial charge < -0.3 is 10.2 Å². The molecule has 0 unspecified atom stereocenters. The Morgan fingerprint density at radius 1 is 1.23 bits per heavy atom. The highest BCUT2D eigenvalue weighted by Crippen LogP contribution is 2.52. The number of amides is 2. The summed E-state index contributed by atoms with van der Waals surface area (Å²) in [5, 5.41) is 2.88. The molecule has 6 nitrogen and oxygen atoms in total. The normalized spacial score (nSPS) is 19.3. The molecule has 0 bridgehead atoms. The highest BCUT2D eigenvalue weighted by molar-refractivity contribution is 5.77. The van der Waals surface area contributed by atoms with Crippen molar-refractivity contribution in [2.24, 2.45) is 0 Å². The van der Waals surface area contributed by atoms with Crippen molar-refractivity contribution in [3.05, 3.63) is 59.4 Å². The zero-order chi connectivity index (χ0) is 21.8. The van der Waals surface area contributed by atoms with Gasteiger partial charge in [0.15, 0.2) is 0 Å². The number of rotatable bonds is 6. The molecule has 1 aliphatic carbocycles. The number of aryl methyl sites for hydroxylation is 1. The van der Waals surface area contributed by atoms with Crippen molar-refractivity contribution in [2.45, 2.75) is 56.8 Å². The summed E-state index contributed by atoms with van der Waals surface area (Å²) in [7, 11) is 0. The van der Waals surface area contributed by atoms with Crippen LogP contribution in [0.5, 0.6) is 0 Å². The van der Waals surface area contributed by atoms with Gasteiger partial charge in [0, 0.05) is 44.9 Å². The second-order valence-electron chi connectivity index (χ2n) is 8.70. The van der Waals surface area contributed by atoms with Crippen LogP contribution in [-0.2, 0) is 21.4 Å². The van der Waals surface area contributed by atoms with Crippen molar-refractivity contribution in [3.8, 4) is 0 Å². The average Bonchev–Trinajstić information content (AvgIpc) is 3.05. The van der Waals surface area contributed by atoms with Crippen LogP contribution in [0.2, 0.25) is 0 Å². The standard InChI is InChI=1S/C24H29FN4O2/c1-2-28-22(30)11-18-13-24(21-12-19(25)4-5-20(18)21)7-9-29(10-8-24)23(31)6-3-17-14-26-16-27-15-17/h4-5,12,14-16,18H,2-3,6-11,13H2,1H3,(H,28,30)/t18-/m0/s1. The van der Waals surface area contributed by atoms with Gasteiger partial charge in [0.2, 0.25) is 11.8 Å². The van der Waals surface area contributed by atoms with E-state index in [4.69, 9.17) is 0 Å². The number of piperidine rings is 1. The number of hydrogen-bond acceptors (Lipinski definition) is 4. The van der Waals surface area contributed by atoms with Crippen molar-refractivity contribution in [2.75, 3.05) is 19.6 Å². The van der Waals surface area contributed by atoms with Crippen LogP contribution in [0.1, 0.15) is 61.6 Å². The summed E-state index contributed by atoms with van der Waals surface area (Å²) in [4.78, 5) is 34.9. The molecule has 4 rings (SSSR count). The maximum atomic E-state index is 14.1. The van der Waals surface area contributed by atoms with Crippen LogP contribution < -0.4 is 5.32 Å². The third kappa shape index (κ3) is 4.60. The molecule has 1 atom stereocenters. The molecule has 0 saturated carbocycles. The SMILES string of the molecule is CCNC(=O)C[C@H]1CC2(CCN(C(=O)CCc3cncnc3)CC2)c2cc(F)ccc21. The number of aromatic nitrogens is 2. The molecule has 2 heterocycles. The highest BCUT2D eigenvalue weighted by Gasteiger charge is 2.46. The number of benzene rings is 1. The molecule has 1 spiro atoms. The van der Waals surface area contributed by atoms with Gasteiger partial charge in [-0.1, -0.05) is 6.07 Å². The molecule has 2 aliphatic rings. The van der Waals surface area contributed by atoms with E-state index in [0.717, 1.165) is 36.0 Å². The summed E-state index contributed by atoms with van der Waals surface area (Å²) >= 11 is 0. The molecule has 2 aromatic rings. The van der Waals surface area contributed by atoms with Crippen LogP contribution >= 0.6 is 0 Å². The fraction of sp³-hybridized carbons (Fsp3) is 0.500. The number of nitrogens with zero attached hydrogens (tertiary/aromatic N) is 3. The lowest BCUT2D eigenvalue weighted by atomic mass is 9.73. The second kappa shape index (κ2) is 9.12. The van der Waals surface area contributed by atoms with E-state index in [2.05, 4.69) is 15.3 Å². The Bertz CT molecular complexity index is 942. The molecular weight excluding hydrogens is 395 g/mol. The van der Waals surface area contributed by atoms with Crippen molar-refractivity contribution >= 4 is 11.8 Å². The molecule has 2 amide bonds. The monoisotopic (exact) mass is 424 g/mol. The Balaban J connectivity index is 1.42. The number of hydrogen-bond donors (Lipinski definition) is 1. The predicted molar refractivity (Wildman–Crippen MR) is 115 cm³/mol. The van der Waals surface area contributed by atoms with Gasteiger partial charge in [0.25, 0.3) is 0 Å². The largest absolute Gasteiger partial charge is 0.356 e. The molecule has 1 aromatic carbocycles. The van der Waals surface area contributed by atoms with Crippen molar-refractivity contribution in [1.29, 1.82) is 0 Å². The molecule has 1 aliphatic heterocycles. The Hall–Kier alpha value is -2.83. The van der Waals surface area contributed by atoms with E-state index in [0.29, 0.717) is 38.9 Å². The van der Waals surface area contributed by atoms with Crippen LogP contribution in [0.4, 0.5) is 4.39 Å². The van der Waals surface area contributed by atoms with Gasteiger partial charge in [0.05, 0.1) is 0 Å². The van der Waals surface area contributed by atoms with Crippen LogP contribution in [0.25, 0.3) is 0 Å². The van der Waals surface area contributed by atoms with Crippen LogP contribution in [0, 0.1) is 5.82 Å². The van der Waals surface area contributed by atoms with Gasteiger partial charge in [-0.05, 0) is 72.8 Å². The van der Waals surface area contributed by atoms with E-state index >= 15 is 0 Å². The third-order valence-corrected chi connectivity index (χ3v) is 6.78. The number of likely N-dealkylation sites (tertiary alicyclic amines) is 1. The summed E-state index contributed by atoms with van der Waals surface area (Å²) in [6.07, 6.45) is 8.90. The topological polar surface area (TPSA) is 75.2 Å². The first-order valence-corrected chi connectivity index (χ1v) is 11.1. The number of fused-ring (bicyclic) bond motifs is 2. The fourth-order valence-electron chi connectivity index (χ4n) is 5.24. The summed E-state index contributed by atoms with van der Waals surface area (Å²) in [5.74, 6) is 0.0372. The molecule has 1 saturated heterocycles. The quantitative estimate of drug-likeness (QED) is 0.773. The van der Waals surface area contributed by atoms with Gasteiger partial charge in [-0.3, -0.25) is 9.59 Å². The van der Waals surface area contributed by atoms with Crippen molar-refractivity contribution < 1.29 is 14.0 Å². The minimum absolute atomic E-state index is 0.0392. The summed E-state index contributed by atoms with van der Waals surface area (Å²) < 4.78 is 14.1. The first-order valence-electron chi connectivity index (χ1n) is 11.1. The van der Waals surface area contributed by atoms with E-state index in [1.54, 1.807) is 18.5 Å². The Morgan fingerprint density at radius 3 is 2.68 bits per heavy atom. The minimum atomic E-state index is -0.236. The minimum Gasteiger partial charge on any atom is -0.356 e. The summed E-state index contributed by atoms with van der Waals surface area (Å²) in [5.41, 5.74) is 2.93. The highest BCUT2D eigenvalue weighted by atomic mass is 19.1. The molecular formula is C24H29FN4O2. The molecule has 1 aromatic heterocycles. The van der Waals surface area contributed by atoms with Gasteiger partial charge in [-0.15, -0.1) is 0 Å². The lowest BCUT2D eigenvalue weighted by molar-refractivity contribution is -0.132. The lowest BCUT2D eigenvalue weighted by Crippen LogP contribution is -2.44. The van der Waals surface area contributed by atoms with Gasteiger partial charge in [-0.25, -0.2) is 14.4 Å². The maximum Gasteiger partial charge on any atom is 0.222 e. The van der Waals surface area contributed by atoms with Crippen molar-refractivity contribution in [3.63, 3.8) is 0 Å². The predicted octanol–water partition coefficient (Wildman–Crippen LogP) is 3.12. The fourth-order valence-corrected chi connectivity index (χ4v) is 5.24. The van der Waals surface area contributed by atoms with E-state index in [-0.39, 0.29) is 29.0 Å². The Morgan fingerprint density at radius 2 is 1.97 bits per heavy atom. The zero-order valence-electron chi connectivity index (χ0n) is 17.9. The average molecular weight is 425 g/mol. The number of nitrogens with one attached hydrogen (secondary N) is 1. The molecule has 1 fully saturated rings. The lowest BCUT2D eigenvalue weighted by Gasteiger charge is -2.40.